The summed E-state index contributed by atoms with van der Waals surface area (Å²) in [6.07, 6.45) is 5.16. The molecule has 8 heteroatoms. The molecule has 0 atom stereocenters. The summed E-state index contributed by atoms with van der Waals surface area (Å²) in [6.45, 7) is 0.634. The van der Waals surface area contributed by atoms with Crippen molar-refractivity contribution >= 4 is 11.7 Å². The zero-order chi connectivity index (χ0) is 17.6. The van der Waals surface area contributed by atoms with Gasteiger partial charge in [0, 0.05) is 37.6 Å². The first-order valence-electron chi connectivity index (χ1n) is 7.56. The first kappa shape index (κ1) is 16.6. The molecule has 1 aromatic carbocycles. The second kappa shape index (κ2) is 7.52. The van der Waals surface area contributed by atoms with E-state index in [1.807, 2.05) is 29.1 Å². The number of anilines is 1. The number of hydrogen-bond donors (Lipinski definition) is 2. The third kappa shape index (κ3) is 4.17. The fraction of sp³-hybridized carbons (Fsp3) is 0.118. The van der Waals surface area contributed by atoms with Gasteiger partial charge in [-0.1, -0.05) is 0 Å². The zero-order valence-electron chi connectivity index (χ0n) is 13.1. The molecule has 0 aliphatic heterocycles. The van der Waals surface area contributed by atoms with Gasteiger partial charge in [0.2, 0.25) is 0 Å². The highest BCUT2D eigenvalue weighted by molar-refractivity contribution is 5.94. The Kier molecular flexibility index (Phi) is 4.98. The van der Waals surface area contributed by atoms with E-state index in [9.17, 15) is 13.6 Å². The highest BCUT2D eigenvalue weighted by atomic mass is 19.1. The molecule has 3 aromatic rings. The maximum absolute atomic E-state index is 13.5. The number of nitrogens with zero attached hydrogens (tertiary/aromatic N) is 3. The predicted octanol–water partition coefficient (Wildman–Crippen LogP) is 2.39. The van der Waals surface area contributed by atoms with Crippen LogP contribution in [0.5, 0.6) is 0 Å². The van der Waals surface area contributed by atoms with Gasteiger partial charge >= 0.3 is 0 Å². The van der Waals surface area contributed by atoms with Crippen LogP contribution in [0.3, 0.4) is 0 Å². The lowest BCUT2D eigenvalue weighted by Crippen LogP contribution is -2.29. The Morgan fingerprint density at radius 3 is 2.64 bits per heavy atom. The number of halogens is 2. The fourth-order valence-corrected chi connectivity index (χ4v) is 2.21. The van der Waals surface area contributed by atoms with E-state index in [0.29, 0.717) is 24.2 Å². The molecule has 0 saturated carbocycles. The number of rotatable bonds is 6. The Labute approximate surface area is 142 Å². The molecule has 6 nitrogen and oxygen atoms in total. The predicted molar refractivity (Wildman–Crippen MR) is 88.5 cm³/mol. The molecule has 0 fully saturated rings. The highest BCUT2D eigenvalue weighted by Crippen LogP contribution is 2.10. The van der Waals surface area contributed by atoms with Crippen LogP contribution < -0.4 is 10.6 Å². The van der Waals surface area contributed by atoms with Crippen LogP contribution >= 0.6 is 0 Å². The Morgan fingerprint density at radius 2 is 1.88 bits per heavy atom. The van der Waals surface area contributed by atoms with E-state index in [0.717, 1.165) is 12.1 Å². The van der Waals surface area contributed by atoms with Crippen molar-refractivity contribution in [3.05, 3.63) is 72.3 Å². The van der Waals surface area contributed by atoms with Gasteiger partial charge in [0.05, 0.1) is 5.56 Å². The van der Waals surface area contributed by atoms with Crippen molar-refractivity contribution < 1.29 is 13.6 Å². The molecule has 0 spiro atoms. The summed E-state index contributed by atoms with van der Waals surface area (Å²) in [5.74, 6) is -0.911. The topological polar surface area (TPSA) is 71.8 Å². The second-order valence-electron chi connectivity index (χ2n) is 5.16. The molecule has 0 aliphatic rings. The van der Waals surface area contributed by atoms with Crippen molar-refractivity contribution in [2.75, 3.05) is 18.4 Å². The lowest BCUT2D eigenvalue weighted by atomic mass is 10.2. The summed E-state index contributed by atoms with van der Waals surface area (Å²) < 4.78 is 28.2. The van der Waals surface area contributed by atoms with E-state index in [1.54, 1.807) is 6.07 Å². The van der Waals surface area contributed by atoms with Gasteiger partial charge in [-0.05, 0) is 24.3 Å². The summed E-state index contributed by atoms with van der Waals surface area (Å²) in [5.41, 5.74) is -0.196. The van der Waals surface area contributed by atoms with Gasteiger partial charge in [-0.25, -0.2) is 18.7 Å². The van der Waals surface area contributed by atoms with E-state index in [4.69, 9.17) is 0 Å². The van der Waals surface area contributed by atoms with Crippen molar-refractivity contribution in [1.29, 1.82) is 0 Å². The number of benzene rings is 1. The van der Waals surface area contributed by atoms with Gasteiger partial charge in [-0.2, -0.15) is 0 Å². The van der Waals surface area contributed by atoms with Crippen molar-refractivity contribution in [1.82, 2.24) is 19.9 Å². The minimum absolute atomic E-state index is 0.196. The molecule has 0 radical (unpaired) electrons. The molecule has 128 valence electrons. The van der Waals surface area contributed by atoms with Gasteiger partial charge in [0.15, 0.2) is 0 Å². The van der Waals surface area contributed by atoms with Crippen molar-refractivity contribution in [2.45, 2.75) is 0 Å². The molecule has 0 aliphatic carbocycles. The highest BCUT2D eigenvalue weighted by Gasteiger charge is 2.11. The van der Waals surface area contributed by atoms with Crippen LogP contribution in [0.15, 0.2) is 55.1 Å². The maximum atomic E-state index is 13.5. The quantitative estimate of drug-likeness (QED) is 0.674. The van der Waals surface area contributed by atoms with Crippen LogP contribution in [0, 0.1) is 11.6 Å². The van der Waals surface area contributed by atoms with Gasteiger partial charge in [-0.15, -0.1) is 0 Å². The smallest absolute Gasteiger partial charge is 0.254 e. The molecule has 2 N–H and O–H groups in total. The van der Waals surface area contributed by atoms with Gasteiger partial charge in [0.1, 0.15) is 29.6 Å². The first-order valence-corrected chi connectivity index (χ1v) is 7.56. The van der Waals surface area contributed by atoms with Gasteiger partial charge < -0.3 is 15.2 Å². The summed E-state index contributed by atoms with van der Waals surface area (Å²) in [4.78, 5) is 20.1. The van der Waals surface area contributed by atoms with Crippen LogP contribution in [0.1, 0.15) is 10.4 Å². The average molecular weight is 343 g/mol. The van der Waals surface area contributed by atoms with Crippen LogP contribution in [0.25, 0.3) is 5.82 Å². The second-order valence-corrected chi connectivity index (χ2v) is 5.16. The third-order valence-corrected chi connectivity index (χ3v) is 3.41. The molecule has 0 bridgehead atoms. The molecular weight excluding hydrogens is 328 g/mol. The van der Waals surface area contributed by atoms with E-state index < -0.39 is 17.5 Å². The SMILES string of the molecule is O=C(NCCNc1cc(-n2cccc2)ncn1)c1ccc(F)cc1F. The number of hydrogen-bond acceptors (Lipinski definition) is 4. The molecule has 2 aromatic heterocycles. The van der Waals surface area contributed by atoms with Gasteiger partial charge in [-0.3, -0.25) is 4.79 Å². The lowest BCUT2D eigenvalue weighted by Gasteiger charge is -2.09. The Bertz CT molecular complexity index is 867. The van der Waals surface area contributed by atoms with Crippen molar-refractivity contribution in [3.63, 3.8) is 0 Å². The fourth-order valence-electron chi connectivity index (χ4n) is 2.21. The van der Waals surface area contributed by atoms with E-state index >= 15 is 0 Å². The summed E-state index contributed by atoms with van der Waals surface area (Å²) in [7, 11) is 0. The Hall–Kier alpha value is -3.29. The Balaban J connectivity index is 1.52. The lowest BCUT2D eigenvalue weighted by molar-refractivity contribution is 0.0951. The van der Waals surface area contributed by atoms with Crippen molar-refractivity contribution in [3.8, 4) is 5.82 Å². The number of amides is 1. The number of nitrogens with one attached hydrogen (secondary N) is 2. The molecule has 2 heterocycles. The monoisotopic (exact) mass is 343 g/mol. The van der Waals surface area contributed by atoms with E-state index in [1.165, 1.54) is 6.33 Å². The standard InChI is InChI=1S/C17H15F2N5O/c18-12-3-4-13(14(19)9-12)17(25)21-6-5-20-15-10-16(23-11-22-15)24-7-1-2-8-24/h1-4,7-11H,5-6H2,(H,21,25)(H,20,22,23). The minimum Gasteiger partial charge on any atom is -0.368 e. The Morgan fingerprint density at radius 1 is 1.08 bits per heavy atom. The molecule has 0 unspecified atom stereocenters. The molecule has 25 heavy (non-hydrogen) atoms. The summed E-state index contributed by atoms with van der Waals surface area (Å²) in [6, 6.07) is 8.37. The maximum Gasteiger partial charge on any atom is 0.254 e. The third-order valence-electron chi connectivity index (χ3n) is 3.41. The zero-order valence-corrected chi connectivity index (χ0v) is 13.1. The normalized spacial score (nSPS) is 10.5. The molecular formula is C17H15F2N5O. The van der Waals surface area contributed by atoms with Crippen molar-refractivity contribution in [2.24, 2.45) is 0 Å². The minimum atomic E-state index is -0.891. The first-order chi connectivity index (χ1) is 12.1. The van der Waals surface area contributed by atoms with Crippen LogP contribution in [0.2, 0.25) is 0 Å². The molecule has 3 rings (SSSR count). The number of carbonyl (C=O) groups is 1. The largest absolute Gasteiger partial charge is 0.368 e. The van der Waals surface area contributed by atoms with E-state index in [-0.39, 0.29) is 12.1 Å². The van der Waals surface area contributed by atoms with Crippen LogP contribution in [0.4, 0.5) is 14.6 Å². The van der Waals surface area contributed by atoms with E-state index in [2.05, 4.69) is 20.6 Å². The number of carbonyl (C=O) groups excluding carboxylic acids is 1. The molecule has 1 amide bonds. The van der Waals surface area contributed by atoms with Crippen LogP contribution in [-0.2, 0) is 0 Å². The summed E-state index contributed by atoms with van der Waals surface area (Å²) in [5, 5.41) is 5.60. The summed E-state index contributed by atoms with van der Waals surface area (Å²) >= 11 is 0. The number of aromatic nitrogens is 3. The van der Waals surface area contributed by atoms with Gasteiger partial charge in [0.25, 0.3) is 5.91 Å². The van der Waals surface area contributed by atoms with Crippen LogP contribution in [-0.4, -0.2) is 33.5 Å². The average Bonchev–Trinajstić information content (AvgIpc) is 3.13. The molecule has 0 saturated heterocycles.